The highest BCUT2D eigenvalue weighted by atomic mass is 19.4. The van der Waals surface area contributed by atoms with Gasteiger partial charge in [0.25, 0.3) is 0 Å². The summed E-state index contributed by atoms with van der Waals surface area (Å²) in [5.74, 6) is 0.807. The van der Waals surface area contributed by atoms with Crippen molar-refractivity contribution in [1.29, 1.82) is 0 Å². The first kappa shape index (κ1) is 11.8. The molecule has 1 saturated carbocycles. The summed E-state index contributed by atoms with van der Waals surface area (Å²) in [6.07, 6.45) is 3.75. The lowest BCUT2D eigenvalue weighted by molar-refractivity contribution is -0.324. The normalized spacial score (nSPS) is 17.4. The Labute approximate surface area is 82.6 Å². The first-order valence-electron chi connectivity index (χ1n) is 5.12. The molecule has 1 radical (unpaired) electrons. The van der Waals surface area contributed by atoms with Crippen LogP contribution in [0.25, 0.3) is 0 Å². The Hall–Kier alpha value is -0.250. The van der Waals surface area contributed by atoms with Gasteiger partial charge in [0, 0.05) is 0 Å². The summed E-state index contributed by atoms with van der Waals surface area (Å²) in [5, 5.41) is 0. The van der Waals surface area contributed by atoms with Gasteiger partial charge in [-0.05, 0) is 25.2 Å². The molecule has 0 aromatic carbocycles. The fraction of sp³-hybridized carbons (Fsp3) is 0.900. The Bertz CT molecular complexity index is 152. The Morgan fingerprint density at radius 2 is 1.79 bits per heavy atom. The van der Waals surface area contributed by atoms with E-state index in [1.54, 1.807) is 0 Å². The maximum Gasteiger partial charge on any atom is 0.522 e. The Balaban J connectivity index is 1.75. The van der Waals surface area contributed by atoms with Gasteiger partial charge in [0.2, 0.25) is 0 Å². The number of halogens is 3. The summed E-state index contributed by atoms with van der Waals surface area (Å²) >= 11 is 0. The molecule has 0 aliphatic heterocycles. The summed E-state index contributed by atoms with van der Waals surface area (Å²) in [4.78, 5) is 0. The van der Waals surface area contributed by atoms with E-state index in [1.165, 1.54) is 12.8 Å². The molecule has 0 aromatic heterocycles. The predicted octanol–water partition coefficient (Wildman–Crippen LogP) is 3.70. The Morgan fingerprint density at radius 3 is 2.36 bits per heavy atom. The third kappa shape index (κ3) is 7.18. The minimum Gasteiger partial charge on any atom is -0.292 e. The summed E-state index contributed by atoms with van der Waals surface area (Å²) in [6, 6.07) is 0. The first-order chi connectivity index (χ1) is 6.58. The van der Waals surface area contributed by atoms with Crippen LogP contribution in [-0.2, 0) is 4.74 Å². The highest BCUT2D eigenvalue weighted by Crippen LogP contribution is 2.32. The van der Waals surface area contributed by atoms with Crippen molar-refractivity contribution in [2.45, 2.75) is 44.9 Å². The van der Waals surface area contributed by atoms with Gasteiger partial charge in [-0.2, -0.15) is 0 Å². The molecule has 0 bridgehead atoms. The molecule has 1 unspecified atom stereocenters. The van der Waals surface area contributed by atoms with Crippen LogP contribution < -0.4 is 0 Å². The number of rotatable bonds is 7. The average Bonchev–Trinajstić information content (AvgIpc) is 2.84. The van der Waals surface area contributed by atoms with E-state index in [9.17, 15) is 13.2 Å². The molecule has 83 valence electrons. The molecule has 1 aliphatic carbocycles. The maximum absolute atomic E-state index is 11.5. The summed E-state index contributed by atoms with van der Waals surface area (Å²) in [5.41, 5.74) is 0. The fourth-order valence-electron chi connectivity index (χ4n) is 1.38. The third-order valence-corrected chi connectivity index (χ3v) is 2.30. The number of hydrogen-bond donors (Lipinski definition) is 0. The lowest BCUT2D eigenvalue weighted by Gasteiger charge is -2.06. The van der Waals surface area contributed by atoms with Gasteiger partial charge in [0.15, 0.2) is 0 Å². The number of hydrogen-bond acceptors (Lipinski definition) is 1. The van der Waals surface area contributed by atoms with Gasteiger partial charge in [0.05, 0.1) is 6.61 Å². The van der Waals surface area contributed by atoms with Crippen LogP contribution in [0.5, 0.6) is 0 Å². The standard InChI is InChI=1S/C10H16F3O/c11-10(12,13)14-8-4-2-1-3-5-9-6-7-9/h6,9H,1-5,7-8H2. The third-order valence-electron chi connectivity index (χ3n) is 2.30. The molecule has 4 heteroatoms. The molecule has 0 spiro atoms. The van der Waals surface area contributed by atoms with Gasteiger partial charge in [-0.3, -0.25) is 4.74 Å². The molecule has 0 aromatic rings. The molecule has 1 atom stereocenters. The second-order valence-electron chi connectivity index (χ2n) is 3.73. The highest BCUT2D eigenvalue weighted by Gasteiger charge is 2.28. The van der Waals surface area contributed by atoms with Gasteiger partial charge in [-0.25, -0.2) is 0 Å². The van der Waals surface area contributed by atoms with Crippen molar-refractivity contribution in [3.8, 4) is 0 Å². The second-order valence-corrected chi connectivity index (χ2v) is 3.73. The topological polar surface area (TPSA) is 9.23 Å². The van der Waals surface area contributed by atoms with Gasteiger partial charge in [-0.15, -0.1) is 13.2 Å². The van der Waals surface area contributed by atoms with E-state index in [1.807, 2.05) is 0 Å². The van der Waals surface area contributed by atoms with Gasteiger partial charge in [-0.1, -0.05) is 25.7 Å². The molecule has 14 heavy (non-hydrogen) atoms. The van der Waals surface area contributed by atoms with Crippen LogP contribution in [0.2, 0.25) is 0 Å². The zero-order valence-electron chi connectivity index (χ0n) is 8.15. The molecule has 1 aliphatic rings. The first-order valence-corrected chi connectivity index (χ1v) is 5.12. The lowest BCUT2D eigenvalue weighted by Crippen LogP contribution is -2.13. The zero-order chi connectivity index (χ0) is 10.4. The molecular formula is C10H16F3O. The van der Waals surface area contributed by atoms with Crippen molar-refractivity contribution < 1.29 is 17.9 Å². The van der Waals surface area contributed by atoms with Gasteiger partial charge < -0.3 is 0 Å². The molecule has 1 nitrogen and oxygen atoms in total. The fourth-order valence-corrected chi connectivity index (χ4v) is 1.38. The van der Waals surface area contributed by atoms with Crippen LogP contribution in [0, 0.1) is 12.3 Å². The van der Waals surface area contributed by atoms with Crippen LogP contribution in [-0.4, -0.2) is 13.0 Å². The predicted molar refractivity (Wildman–Crippen MR) is 47.5 cm³/mol. The summed E-state index contributed by atoms with van der Waals surface area (Å²) in [7, 11) is 0. The summed E-state index contributed by atoms with van der Waals surface area (Å²) in [6.45, 7) is -0.195. The molecule has 1 fully saturated rings. The Kier molecular flexibility index (Phi) is 4.72. The highest BCUT2D eigenvalue weighted by molar-refractivity contribution is 4.93. The smallest absolute Gasteiger partial charge is 0.292 e. The van der Waals surface area contributed by atoms with Crippen molar-refractivity contribution in [3.05, 3.63) is 6.42 Å². The molecule has 0 heterocycles. The summed E-state index contributed by atoms with van der Waals surface area (Å²) < 4.78 is 38.2. The van der Waals surface area contributed by atoms with Crippen LogP contribution in [0.3, 0.4) is 0 Å². The minimum atomic E-state index is -4.46. The monoisotopic (exact) mass is 209 g/mol. The molecule has 1 rings (SSSR count). The minimum absolute atomic E-state index is 0.195. The molecule has 0 saturated heterocycles. The second kappa shape index (κ2) is 5.59. The van der Waals surface area contributed by atoms with Gasteiger partial charge >= 0.3 is 6.36 Å². The van der Waals surface area contributed by atoms with E-state index in [4.69, 9.17) is 0 Å². The van der Waals surface area contributed by atoms with E-state index < -0.39 is 6.36 Å². The van der Waals surface area contributed by atoms with Gasteiger partial charge in [0.1, 0.15) is 0 Å². The Morgan fingerprint density at radius 1 is 1.14 bits per heavy atom. The van der Waals surface area contributed by atoms with Crippen molar-refractivity contribution in [1.82, 2.24) is 0 Å². The van der Waals surface area contributed by atoms with Crippen molar-refractivity contribution in [2.24, 2.45) is 5.92 Å². The molecule has 0 amide bonds. The van der Waals surface area contributed by atoms with E-state index in [0.29, 0.717) is 6.42 Å². The van der Waals surface area contributed by atoms with E-state index in [2.05, 4.69) is 11.2 Å². The average molecular weight is 209 g/mol. The number of ether oxygens (including phenoxy) is 1. The van der Waals surface area contributed by atoms with Crippen LogP contribution >= 0.6 is 0 Å². The number of alkyl halides is 3. The lowest BCUT2D eigenvalue weighted by atomic mass is 10.1. The largest absolute Gasteiger partial charge is 0.522 e. The zero-order valence-corrected chi connectivity index (χ0v) is 8.15. The van der Waals surface area contributed by atoms with E-state index in [0.717, 1.165) is 25.2 Å². The van der Waals surface area contributed by atoms with Crippen LogP contribution in [0.4, 0.5) is 13.2 Å². The molecule has 0 N–H and O–H groups in total. The SMILES string of the molecule is FC(F)(F)OCCCCCCC1[CH]C1. The van der Waals surface area contributed by atoms with E-state index in [-0.39, 0.29) is 6.61 Å². The van der Waals surface area contributed by atoms with Crippen molar-refractivity contribution in [2.75, 3.05) is 6.61 Å². The molecular weight excluding hydrogens is 193 g/mol. The quantitative estimate of drug-likeness (QED) is 0.581. The van der Waals surface area contributed by atoms with Crippen LogP contribution in [0.1, 0.15) is 38.5 Å². The number of unbranched alkanes of at least 4 members (excludes halogenated alkanes) is 3. The maximum atomic E-state index is 11.5. The van der Waals surface area contributed by atoms with Crippen LogP contribution in [0.15, 0.2) is 0 Å². The van der Waals surface area contributed by atoms with E-state index >= 15 is 0 Å². The van der Waals surface area contributed by atoms with Crippen molar-refractivity contribution in [3.63, 3.8) is 0 Å². The van der Waals surface area contributed by atoms with Crippen molar-refractivity contribution >= 4 is 0 Å².